The number of nitrogens with zero attached hydrogens (tertiary/aromatic N) is 1. The van der Waals surface area contributed by atoms with E-state index in [1.807, 2.05) is 6.07 Å². The van der Waals surface area contributed by atoms with Crippen LogP contribution in [0.25, 0.3) is 5.70 Å². The van der Waals surface area contributed by atoms with E-state index in [1.54, 1.807) is 24.3 Å². The molecule has 0 saturated carbocycles. The highest BCUT2D eigenvalue weighted by Gasteiger charge is 2.07. The lowest BCUT2D eigenvalue weighted by Gasteiger charge is -2.01. The van der Waals surface area contributed by atoms with Crippen LogP contribution in [-0.4, -0.2) is 10.7 Å². The molecule has 0 radical (unpaired) electrons. The van der Waals surface area contributed by atoms with Crippen molar-refractivity contribution >= 4 is 17.2 Å². The van der Waals surface area contributed by atoms with Crippen molar-refractivity contribution in [1.29, 1.82) is 0 Å². The first-order valence-corrected chi connectivity index (χ1v) is 5.89. The van der Waals surface area contributed by atoms with Gasteiger partial charge >= 0.3 is 0 Å². The molecule has 2 rings (SSSR count). The zero-order valence-electron chi connectivity index (χ0n) is 10.5. The molecule has 2 aromatic carbocycles. The third-order valence-electron chi connectivity index (χ3n) is 2.76. The zero-order valence-corrected chi connectivity index (χ0v) is 10.5. The summed E-state index contributed by atoms with van der Waals surface area (Å²) in [4.78, 5) is 22.0. The van der Waals surface area contributed by atoms with Gasteiger partial charge in [0.1, 0.15) is 0 Å². The normalized spacial score (nSPS) is 11.1. The van der Waals surface area contributed by atoms with Crippen LogP contribution in [0.4, 0.5) is 5.69 Å². The summed E-state index contributed by atoms with van der Waals surface area (Å²) in [5.74, 6) is -0.207. The van der Waals surface area contributed by atoms with Gasteiger partial charge in [0.05, 0.1) is 4.92 Å². The second kappa shape index (κ2) is 5.79. The number of nitro benzene ring substituents is 1. The molecule has 5 heteroatoms. The number of ketones is 1. The van der Waals surface area contributed by atoms with E-state index in [4.69, 9.17) is 5.73 Å². The Balaban J connectivity index is 2.22. The van der Waals surface area contributed by atoms with Crippen LogP contribution in [0.5, 0.6) is 0 Å². The minimum absolute atomic E-state index is 0.0177. The summed E-state index contributed by atoms with van der Waals surface area (Å²) >= 11 is 0. The number of nitro groups is 1. The van der Waals surface area contributed by atoms with E-state index in [0.717, 1.165) is 0 Å². The number of carbonyl (C=O) groups is 1. The standard InChI is InChI=1S/C15H12N2O3/c16-14(10-15(18)12-4-2-1-3-5-12)11-6-8-13(9-7-11)17(19)20/h1-10H,16H2/b14-10-. The van der Waals surface area contributed by atoms with Gasteiger partial charge in [0.15, 0.2) is 5.78 Å². The first kappa shape index (κ1) is 13.5. The summed E-state index contributed by atoms with van der Waals surface area (Å²) in [6.45, 7) is 0. The third-order valence-corrected chi connectivity index (χ3v) is 2.76. The fourth-order valence-corrected chi connectivity index (χ4v) is 1.69. The molecule has 0 aliphatic heterocycles. The Morgan fingerprint density at radius 2 is 1.60 bits per heavy atom. The predicted octanol–water partition coefficient (Wildman–Crippen LogP) is 2.78. The second-order valence-corrected chi connectivity index (χ2v) is 4.13. The van der Waals surface area contributed by atoms with Gasteiger partial charge in [0.2, 0.25) is 0 Å². The summed E-state index contributed by atoms with van der Waals surface area (Å²) in [7, 11) is 0. The predicted molar refractivity (Wildman–Crippen MR) is 76.0 cm³/mol. The first-order chi connectivity index (χ1) is 9.58. The van der Waals surface area contributed by atoms with Crippen LogP contribution in [0, 0.1) is 10.1 Å². The molecule has 2 N–H and O–H groups in total. The molecule has 0 amide bonds. The van der Waals surface area contributed by atoms with Crippen molar-refractivity contribution in [2.45, 2.75) is 0 Å². The SMILES string of the molecule is N/C(=C\C(=O)c1ccccc1)c1ccc([N+](=O)[O-])cc1. The number of nitrogens with two attached hydrogens (primary N) is 1. The lowest BCUT2D eigenvalue weighted by atomic mass is 10.1. The van der Waals surface area contributed by atoms with Crippen molar-refractivity contribution in [2.24, 2.45) is 5.73 Å². The van der Waals surface area contributed by atoms with Crippen LogP contribution in [0.15, 0.2) is 60.7 Å². The van der Waals surface area contributed by atoms with Crippen LogP contribution in [0.3, 0.4) is 0 Å². The molecule has 0 saturated heterocycles. The minimum atomic E-state index is -0.487. The third kappa shape index (κ3) is 3.08. The molecular formula is C15H12N2O3. The average Bonchev–Trinajstić information content (AvgIpc) is 2.48. The first-order valence-electron chi connectivity index (χ1n) is 5.89. The molecule has 0 aromatic heterocycles. The quantitative estimate of drug-likeness (QED) is 0.400. The maximum absolute atomic E-state index is 11.9. The van der Waals surface area contributed by atoms with E-state index >= 15 is 0 Å². The van der Waals surface area contributed by atoms with E-state index in [9.17, 15) is 14.9 Å². The molecule has 0 spiro atoms. The number of non-ortho nitro benzene ring substituents is 1. The van der Waals surface area contributed by atoms with Crippen molar-refractivity contribution < 1.29 is 9.72 Å². The Hall–Kier alpha value is -2.95. The van der Waals surface area contributed by atoms with Gasteiger partial charge in [-0.05, 0) is 17.7 Å². The molecule has 0 heterocycles. The molecule has 2 aromatic rings. The lowest BCUT2D eigenvalue weighted by Crippen LogP contribution is -2.02. The zero-order chi connectivity index (χ0) is 14.5. The largest absolute Gasteiger partial charge is 0.398 e. The van der Waals surface area contributed by atoms with E-state index in [0.29, 0.717) is 11.1 Å². The van der Waals surface area contributed by atoms with Gasteiger partial charge < -0.3 is 5.73 Å². The molecule has 0 aliphatic rings. The number of benzene rings is 2. The molecular weight excluding hydrogens is 256 g/mol. The van der Waals surface area contributed by atoms with E-state index in [-0.39, 0.29) is 17.2 Å². The molecule has 5 nitrogen and oxygen atoms in total. The Labute approximate surface area is 115 Å². The molecule has 0 atom stereocenters. The Morgan fingerprint density at radius 1 is 1.00 bits per heavy atom. The molecule has 0 unspecified atom stereocenters. The monoisotopic (exact) mass is 268 g/mol. The van der Waals surface area contributed by atoms with Crippen molar-refractivity contribution in [3.8, 4) is 0 Å². The topological polar surface area (TPSA) is 86.2 Å². The summed E-state index contributed by atoms with van der Waals surface area (Å²) < 4.78 is 0. The van der Waals surface area contributed by atoms with Crippen LogP contribution < -0.4 is 5.73 Å². The number of hydrogen-bond donors (Lipinski definition) is 1. The van der Waals surface area contributed by atoms with E-state index in [1.165, 1.54) is 30.3 Å². The minimum Gasteiger partial charge on any atom is -0.398 e. The average molecular weight is 268 g/mol. The Kier molecular flexibility index (Phi) is 3.91. The maximum Gasteiger partial charge on any atom is 0.269 e. The summed E-state index contributed by atoms with van der Waals surface area (Å²) in [5.41, 5.74) is 7.19. The van der Waals surface area contributed by atoms with E-state index < -0.39 is 4.92 Å². The Morgan fingerprint density at radius 3 is 2.15 bits per heavy atom. The molecule has 100 valence electrons. The highest BCUT2D eigenvalue weighted by molar-refractivity contribution is 6.08. The summed E-state index contributed by atoms with van der Waals surface area (Å²) in [6.07, 6.45) is 1.32. The molecule has 0 bridgehead atoms. The Bertz CT molecular complexity index is 661. The summed E-state index contributed by atoms with van der Waals surface area (Å²) in [6, 6.07) is 14.5. The summed E-state index contributed by atoms with van der Waals surface area (Å²) in [5, 5.41) is 10.6. The van der Waals surface area contributed by atoms with Gasteiger partial charge in [-0.3, -0.25) is 14.9 Å². The van der Waals surface area contributed by atoms with E-state index in [2.05, 4.69) is 0 Å². The highest BCUT2D eigenvalue weighted by atomic mass is 16.6. The number of hydrogen-bond acceptors (Lipinski definition) is 4. The van der Waals surface area contributed by atoms with Crippen molar-refractivity contribution in [1.82, 2.24) is 0 Å². The van der Waals surface area contributed by atoms with Crippen LogP contribution >= 0.6 is 0 Å². The van der Waals surface area contributed by atoms with Crippen molar-refractivity contribution in [3.05, 3.63) is 81.9 Å². The van der Waals surface area contributed by atoms with Gasteiger partial charge in [0, 0.05) is 29.5 Å². The maximum atomic E-state index is 11.9. The molecule has 0 aliphatic carbocycles. The van der Waals surface area contributed by atoms with Crippen molar-refractivity contribution in [3.63, 3.8) is 0 Å². The molecule has 20 heavy (non-hydrogen) atoms. The van der Waals surface area contributed by atoms with Gasteiger partial charge in [-0.1, -0.05) is 30.3 Å². The number of allylic oxidation sites excluding steroid dienone is 1. The van der Waals surface area contributed by atoms with Gasteiger partial charge in [-0.15, -0.1) is 0 Å². The van der Waals surface area contributed by atoms with Crippen LogP contribution in [-0.2, 0) is 0 Å². The van der Waals surface area contributed by atoms with Gasteiger partial charge in [-0.2, -0.15) is 0 Å². The number of carbonyl (C=O) groups excluding carboxylic acids is 1. The van der Waals surface area contributed by atoms with Crippen LogP contribution in [0.2, 0.25) is 0 Å². The van der Waals surface area contributed by atoms with Crippen molar-refractivity contribution in [2.75, 3.05) is 0 Å². The highest BCUT2D eigenvalue weighted by Crippen LogP contribution is 2.16. The second-order valence-electron chi connectivity index (χ2n) is 4.13. The number of rotatable bonds is 4. The fourth-order valence-electron chi connectivity index (χ4n) is 1.69. The lowest BCUT2D eigenvalue weighted by molar-refractivity contribution is -0.384. The smallest absolute Gasteiger partial charge is 0.269 e. The fraction of sp³-hybridized carbons (Fsp3) is 0. The van der Waals surface area contributed by atoms with Crippen LogP contribution in [0.1, 0.15) is 15.9 Å². The van der Waals surface area contributed by atoms with Gasteiger partial charge in [0.25, 0.3) is 5.69 Å². The van der Waals surface area contributed by atoms with Gasteiger partial charge in [-0.25, -0.2) is 0 Å². The molecule has 0 fully saturated rings.